The molecule has 0 spiro atoms. The highest BCUT2D eigenvalue weighted by Gasteiger charge is 2.13. The molecule has 1 N–H and O–H groups in total. The van der Waals surface area contributed by atoms with Crippen LogP contribution in [-0.4, -0.2) is 19.0 Å². The van der Waals surface area contributed by atoms with E-state index in [2.05, 4.69) is 10.2 Å². The number of hydrogen-bond acceptors (Lipinski definition) is 2. The molecule has 2 aromatic rings. The average molecular weight is 384 g/mol. The molecule has 3 nitrogen and oxygen atoms in total. The molecule has 2 aromatic carbocycles. The molecular weight excluding hydrogens is 367 g/mol. The molecule has 3 rings (SSSR count). The number of rotatable bonds is 3. The van der Waals surface area contributed by atoms with E-state index in [1.54, 1.807) is 6.07 Å². The molecule has 6 heteroatoms. The third kappa shape index (κ3) is 3.97. The summed E-state index contributed by atoms with van der Waals surface area (Å²) in [6, 6.07) is 10.7. The third-order valence-electron chi connectivity index (χ3n) is 4.11. The van der Waals surface area contributed by atoms with Gasteiger partial charge in [0, 0.05) is 24.3 Å². The maximum atomic E-state index is 12.4. The Kier molecular flexibility index (Phi) is 5.54. The summed E-state index contributed by atoms with van der Waals surface area (Å²) in [4.78, 5) is 14.7. The van der Waals surface area contributed by atoms with Crippen LogP contribution in [0.3, 0.4) is 0 Å². The Hall–Kier alpha value is -1.42. The summed E-state index contributed by atoms with van der Waals surface area (Å²) in [7, 11) is 0. The van der Waals surface area contributed by atoms with Gasteiger partial charge in [0.1, 0.15) is 0 Å². The Morgan fingerprint density at radius 2 is 1.50 bits per heavy atom. The average Bonchev–Trinajstić information content (AvgIpc) is 2.60. The van der Waals surface area contributed by atoms with Gasteiger partial charge >= 0.3 is 0 Å². The van der Waals surface area contributed by atoms with Crippen LogP contribution in [0.15, 0.2) is 36.4 Å². The van der Waals surface area contributed by atoms with Crippen molar-refractivity contribution in [3.05, 3.63) is 57.0 Å². The Morgan fingerprint density at radius 3 is 2.17 bits per heavy atom. The quantitative estimate of drug-likeness (QED) is 0.670. The molecule has 1 fully saturated rings. The van der Waals surface area contributed by atoms with E-state index in [0.717, 1.165) is 18.8 Å². The van der Waals surface area contributed by atoms with E-state index >= 15 is 0 Å². The normalized spacial score (nSPS) is 14.5. The van der Waals surface area contributed by atoms with E-state index < -0.39 is 0 Å². The highest BCUT2D eigenvalue weighted by Crippen LogP contribution is 2.32. The topological polar surface area (TPSA) is 32.3 Å². The first-order chi connectivity index (χ1) is 11.5. The number of hydrogen-bond donors (Lipinski definition) is 1. The van der Waals surface area contributed by atoms with Crippen LogP contribution in [0.5, 0.6) is 0 Å². The molecule has 1 heterocycles. The SMILES string of the molecule is O=C(Nc1cc(Cl)c(Cl)cc1Cl)c1ccc(N2CCCCC2)cc1. The summed E-state index contributed by atoms with van der Waals surface area (Å²) in [5.74, 6) is -0.236. The minimum absolute atomic E-state index is 0.236. The van der Waals surface area contributed by atoms with Crippen molar-refractivity contribution in [2.24, 2.45) is 0 Å². The third-order valence-corrected chi connectivity index (χ3v) is 5.14. The maximum Gasteiger partial charge on any atom is 0.255 e. The van der Waals surface area contributed by atoms with Gasteiger partial charge in [-0.25, -0.2) is 0 Å². The van der Waals surface area contributed by atoms with Crippen LogP contribution >= 0.6 is 34.8 Å². The fraction of sp³-hybridized carbons (Fsp3) is 0.278. The molecule has 1 saturated heterocycles. The molecule has 0 unspecified atom stereocenters. The summed E-state index contributed by atoms with van der Waals surface area (Å²) in [6.45, 7) is 2.15. The number of carbonyl (C=O) groups excluding carboxylic acids is 1. The fourth-order valence-electron chi connectivity index (χ4n) is 2.79. The first-order valence-corrected chi connectivity index (χ1v) is 8.99. The van der Waals surface area contributed by atoms with Gasteiger partial charge in [-0.1, -0.05) is 34.8 Å². The van der Waals surface area contributed by atoms with Gasteiger partial charge in [-0.05, 0) is 55.7 Å². The van der Waals surface area contributed by atoms with Crippen LogP contribution in [0.1, 0.15) is 29.6 Å². The molecule has 0 radical (unpaired) electrons. The minimum Gasteiger partial charge on any atom is -0.372 e. The van der Waals surface area contributed by atoms with Gasteiger partial charge in [0.2, 0.25) is 0 Å². The second-order valence-corrected chi connectivity index (χ2v) is 7.02. The second-order valence-electron chi connectivity index (χ2n) is 5.79. The summed E-state index contributed by atoms with van der Waals surface area (Å²) in [5, 5.41) is 3.81. The molecule has 24 heavy (non-hydrogen) atoms. The van der Waals surface area contributed by atoms with Crippen molar-refractivity contribution in [2.45, 2.75) is 19.3 Å². The number of halogens is 3. The lowest BCUT2D eigenvalue weighted by Crippen LogP contribution is -2.29. The van der Waals surface area contributed by atoms with Gasteiger partial charge in [0.15, 0.2) is 0 Å². The van der Waals surface area contributed by atoms with E-state index in [1.165, 1.54) is 25.3 Å². The maximum absolute atomic E-state index is 12.4. The van der Waals surface area contributed by atoms with Crippen molar-refractivity contribution in [2.75, 3.05) is 23.3 Å². The molecular formula is C18H17Cl3N2O. The van der Waals surface area contributed by atoms with Gasteiger partial charge in [0.25, 0.3) is 5.91 Å². The van der Waals surface area contributed by atoms with Gasteiger partial charge in [0.05, 0.1) is 20.8 Å². The summed E-state index contributed by atoms with van der Waals surface area (Å²) in [6.07, 6.45) is 3.73. The first kappa shape index (κ1) is 17.4. The predicted octanol–water partition coefficient (Wildman–Crippen LogP) is 5.89. The van der Waals surface area contributed by atoms with Crippen LogP contribution in [0.4, 0.5) is 11.4 Å². The number of nitrogens with zero attached hydrogens (tertiary/aromatic N) is 1. The van der Waals surface area contributed by atoms with Crippen molar-refractivity contribution < 1.29 is 4.79 Å². The van der Waals surface area contributed by atoms with Crippen molar-refractivity contribution >= 4 is 52.1 Å². The number of carbonyl (C=O) groups is 1. The second kappa shape index (κ2) is 7.64. The summed E-state index contributed by atoms with van der Waals surface area (Å²) >= 11 is 18.0. The fourth-order valence-corrected chi connectivity index (χ4v) is 3.38. The smallest absolute Gasteiger partial charge is 0.255 e. The monoisotopic (exact) mass is 382 g/mol. The van der Waals surface area contributed by atoms with Gasteiger partial charge in [-0.15, -0.1) is 0 Å². The zero-order valence-electron chi connectivity index (χ0n) is 13.0. The van der Waals surface area contributed by atoms with Crippen molar-refractivity contribution in [3.63, 3.8) is 0 Å². The molecule has 0 bridgehead atoms. The van der Waals surface area contributed by atoms with Gasteiger partial charge < -0.3 is 10.2 Å². The Bertz CT molecular complexity index is 741. The highest BCUT2D eigenvalue weighted by atomic mass is 35.5. The first-order valence-electron chi connectivity index (χ1n) is 7.85. The minimum atomic E-state index is -0.236. The predicted molar refractivity (Wildman–Crippen MR) is 102 cm³/mol. The molecule has 1 amide bonds. The molecule has 1 aliphatic heterocycles. The summed E-state index contributed by atoms with van der Waals surface area (Å²) in [5.41, 5.74) is 2.16. The van der Waals surface area contributed by atoms with E-state index in [9.17, 15) is 4.79 Å². The van der Waals surface area contributed by atoms with E-state index in [1.807, 2.05) is 24.3 Å². The number of anilines is 2. The molecule has 0 aliphatic carbocycles. The lowest BCUT2D eigenvalue weighted by Gasteiger charge is -2.28. The van der Waals surface area contributed by atoms with Crippen LogP contribution < -0.4 is 10.2 Å². The van der Waals surface area contributed by atoms with Gasteiger partial charge in [-0.3, -0.25) is 4.79 Å². The zero-order chi connectivity index (χ0) is 17.1. The van der Waals surface area contributed by atoms with E-state index in [0.29, 0.717) is 26.3 Å². The Balaban J connectivity index is 1.72. The molecule has 0 saturated carbocycles. The zero-order valence-corrected chi connectivity index (χ0v) is 15.3. The largest absolute Gasteiger partial charge is 0.372 e. The standard InChI is InChI=1S/C18H17Cl3N2O/c19-14-10-16(21)17(11-15(14)20)22-18(24)12-4-6-13(7-5-12)23-8-2-1-3-9-23/h4-7,10-11H,1-3,8-9H2,(H,22,24). The molecule has 126 valence electrons. The molecule has 1 aliphatic rings. The van der Waals surface area contributed by atoms with Gasteiger partial charge in [-0.2, -0.15) is 0 Å². The van der Waals surface area contributed by atoms with Crippen LogP contribution in [0, 0.1) is 0 Å². The van der Waals surface area contributed by atoms with E-state index in [-0.39, 0.29) is 5.91 Å². The van der Waals surface area contributed by atoms with Crippen molar-refractivity contribution in [1.29, 1.82) is 0 Å². The number of piperidine rings is 1. The lowest BCUT2D eigenvalue weighted by atomic mass is 10.1. The van der Waals surface area contributed by atoms with Crippen LogP contribution in [-0.2, 0) is 0 Å². The van der Waals surface area contributed by atoms with Crippen LogP contribution in [0.25, 0.3) is 0 Å². The number of nitrogens with one attached hydrogen (secondary N) is 1. The number of amides is 1. The van der Waals surface area contributed by atoms with Crippen molar-refractivity contribution in [1.82, 2.24) is 0 Å². The highest BCUT2D eigenvalue weighted by molar-refractivity contribution is 6.44. The lowest BCUT2D eigenvalue weighted by molar-refractivity contribution is 0.102. The van der Waals surface area contributed by atoms with E-state index in [4.69, 9.17) is 34.8 Å². The molecule has 0 aromatic heterocycles. The molecule has 0 atom stereocenters. The summed E-state index contributed by atoms with van der Waals surface area (Å²) < 4.78 is 0. The van der Waals surface area contributed by atoms with Crippen LogP contribution in [0.2, 0.25) is 15.1 Å². The Labute approximate surface area is 156 Å². The Morgan fingerprint density at radius 1 is 0.875 bits per heavy atom. The number of benzene rings is 2. The van der Waals surface area contributed by atoms with Crippen molar-refractivity contribution in [3.8, 4) is 0 Å².